The van der Waals surface area contributed by atoms with Gasteiger partial charge in [0.15, 0.2) is 0 Å². The third kappa shape index (κ3) is 2.80. The molecule has 0 radical (unpaired) electrons. The summed E-state index contributed by atoms with van der Waals surface area (Å²) in [6.45, 7) is 2.10. The predicted molar refractivity (Wildman–Crippen MR) is 106 cm³/mol. The molecule has 0 N–H and O–H groups in total. The molecule has 0 atom stereocenters. The first kappa shape index (κ1) is 15.8. The minimum absolute atomic E-state index is 0.519. The van der Waals surface area contributed by atoms with Crippen LogP contribution in [0.5, 0.6) is 0 Å². The van der Waals surface area contributed by atoms with E-state index in [1.165, 1.54) is 0 Å². The first-order valence-electron chi connectivity index (χ1n) is 8.55. The molecule has 0 saturated carbocycles. The molecule has 0 bridgehead atoms. The van der Waals surface area contributed by atoms with Crippen LogP contribution in [0.15, 0.2) is 92.4 Å². The lowest BCUT2D eigenvalue weighted by atomic mass is 10.0. The normalized spacial score (nSPS) is 16.3. The van der Waals surface area contributed by atoms with Gasteiger partial charge < -0.3 is 0 Å². The minimum atomic E-state index is 0.519. The molecule has 2 heterocycles. The highest BCUT2D eigenvalue weighted by Crippen LogP contribution is 2.18. The second kappa shape index (κ2) is 6.41. The van der Waals surface area contributed by atoms with Crippen LogP contribution in [0.3, 0.4) is 0 Å². The standard InChI is InChI=1S/C21H14N5S/c1-13-11-15(14-7-3-2-4-8-14)12-16(20-23-25-26-24-20)19(13)21-22-17-9-5-6-10-18(17)27-21/h2-12H,1H3/q+1. The molecule has 3 aromatic rings. The molecular weight excluding hydrogens is 354 g/mol. The summed E-state index contributed by atoms with van der Waals surface area (Å²) in [6, 6.07) is 22.7. The molecule has 2 aliphatic rings. The van der Waals surface area contributed by atoms with Crippen molar-refractivity contribution >= 4 is 22.2 Å². The fourth-order valence-electron chi connectivity index (χ4n) is 3.28. The summed E-state index contributed by atoms with van der Waals surface area (Å²) in [6.07, 6.45) is 0. The van der Waals surface area contributed by atoms with E-state index in [-0.39, 0.29) is 0 Å². The van der Waals surface area contributed by atoms with Crippen LogP contribution in [0.1, 0.15) is 5.56 Å². The monoisotopic (exact) mass is 368 g/mol. The van der Waals surface area contributed by atoms with E-state index in [2.05, 4.69) is 57.9 Å². The summed E-state index contributed by atoms with van der Waals surface area (Å²) >= 11 is 1.67. The maximum absolute atomic E-state index is 4.84. The fraction of sp³-hybridized carbons (Fsp3) is 0.0476. The van der Waals surface area contributed by atoms with Crippen molar-refractivity contribution in [2.45, 2.75) is 6.92 Å². The Morgan fingerprint density at radius 3 is 2.30 bits per heavy atom. The summed E-state index contributed by atoms with van der Waals surface area (Å²) < 4.78 is 1.16. The van der Waals surface area contributed by atoms with Crippen molar-refractivity contribution in [3.8, 4) is 11.1 Å². The van der Waals surface area contributed by atoms with Gasteiger partial charge in [-0.15, -0.1) is 10.2 Å². The SMILES string of the molecule is Cc1cc(-c2ccccc2)cc(=C2N=NN=N2)c1=C1N=c2ccccc2=[S+]1. The molecule has 6 heteroatoms. The maximum atomic E-state index is 4.84. The Morgan fingerprint density at radius 1 is 0.778 bits per heavy atom. The lowest BCUT2D eigenvalue weighted by Crippen LogP contribution is -2.31. The van der Waals surface area contributed by atoms with Crippen LogP contribution < -0.4 is 15.8 Å². The molecule has 0 aliphatic carbocycles. The topological polar surface area (TPSA) is 61.8 Å². The van der Waals surface area contributed by atoms with E-state index in [1.807, 2.05) is 36.4 Å². The molecule has 128 valence electrons. The molecule has 0 saturated heterocycles. The number of nitrogens with zero attached hydrogens (tertiary/aromatic N) is 5. The lowest BCUT2D eigenvalue weighted by Gasteiger charge is -2.04. The van der Waals surface area contributed by atoms with Crippen LogP contribution in [0.2, 0.25) is 0 Å². The van der Waals surface area contributed by atoms with Crippen LogP contribution in [0.4, 0.5) is 0 Å². The second-order valence-corrected chi connectivity index (χ2v) is 7.30. The number of hydrogen-bond acceptors (Lipinski definition) is 5. The average molecular weight is 368 g/mol. The zero-order valence-electron chi connectivity index (χ0n) is 14.5. The molecule has 0 unspecified atom stereocenters. The summed E-state index contributed by atoms with van der Waals surface area (Å²) in [5.41, 5.74) is 3.37. The van der Waals surface area contributed by atoms with Crippen molar-refractivity contribution in [2.75, 3.05) is 0 Å². The highest BCUT2D eigenvalue weighted by atomic mass is 32.1. The van der Waals surface area contributed by atoms with Gasteiger partial charge in [-0.3, -0.25) is 0 Å². The van der Waals surface area contributed by atoms with Gasteiger partial charge >= 0.3 is 5.03 Å². The molecule has 0 fully saturated rings. The first-order valence-corrected chi connectivity index (χ1v) is 9.36. The maximum Gasteiger partial charge on any atom is 0.333 e. The van der Waals surface area contributed by atoms with Crippen LogP contribution in [-0.2, 0) is 11.4 Å². The Morgan fingerprint density at radius 2 is 1.52 bits per heavy atom. The lowest BCUT2D eigenvalue weighted by molar-refractivity contribution is 1.06. The summed E-state index contributed by atoms with van der Waals surface area (Å²) in [5.74, 6) is 0.519. The summed E-state index contributed by atoms with van der Waals surface area (Å²) in [5, 5.41) is 19.5. The van der Waals surface area contributed by atoms with Gasteiger partial charge in [-0.2, -0.15) is 4.99 Å². The number of hydrogen-bond donors (Lipinski definition) is 0. The van der Waals surface area contributed by atoms with E-state index >= 15 is 0 Å². The van der Waals surface area contributed by atoms with Gasteiger partial charge in [0.05, 0.1) is 5.22 Å². The number of rotatable bonds is 1. The van der Waals surface area contributed by atoms with Crippen molar-refractivity contribution in [1.29, 1.82) is 0 Å². The van der Waals surface area contributed by atoms with E-state index in [9.17, 15) is 0 Å². The van der Waals surface area contributed by atoms with Gasteiger partial charge in [0.25, 0.3) is 15.9 Å². The smallest absolute Gasteiger partial charge is 0.187 e. The molecule has 0 spiro atoms. The van der Waals surface area contributed by atoms with Gasteiger partial charge in [-0.05, 0) is 46.2 Å². The summed E-state index contributed by atoms with van der Waals surface area (Å²) in [4.78, 5) is 4.84. The quantitative estimate of drug-likeness (QED) is 0.467. The largest absolute Gasteiger partial charge is 0.333 e. The third-order valence-corrected chi connectivity index (χ3v) is 5.56. The highest BCUT2D eigenvalue weighted by molar-refractivity contribution is 7.80. The fourth-order valence-corrected chi connectivity index (χ4v) is 4.37. The predicted octanol–water partition coefficient (Wildman–Crippen LogP) is 3.29. The van der Waals surface area contributed by atoms with E-state index in [0.717, 1.165) is 42.0 Å². The Balaban J connectivity index is 1.90. The van der Waals surface area contributed by atoms with Crippen molar-refractivity contribution in [3.05, 3.63) is 92.6 Å². The third-order valence-electron chi connectivity index (χ3n) is 4.51. The summed E-state index contributed by atoms with van der Waals surface area (Å²) in [7, 11) is 0. The Bertz CT molecular complexity index is 1320. The number of para-hydroxylation sites is 1. The molecular formula is C21H14N5S+. The van der Waals surface area contributed by atoms with E-state index < -0.39 is 0 Å². The number of aryl methyl sites for hydroxylation is 1. The average Bonchev–Trinajstić information content (AvgIpc) is 3.37. The molecule has 0 amide bonds. The van der Waals surface area contributed by atoms with E-state index in [0.29, 0.717) is 5.82 Å². The second-order valence-electron chi connectivity index (χ2n) is 6.27. The van der Waals surface area contributed by atoms with Gasteiger partial charge in [-0.1, -0.05) is 48.5 Å². The molecule has 3 aromatic carbocycles. The Labute approximate surface area is 158 Å². The molecule has 27 heavy (non-hydrogen) atoms. The van der Waals surface area contributed by atoms with Crippen molar-refractivity contribution in [3.63, 3.8) is 0 Å². The van der Waals surface area contributed by atoms with Crippen LogP contribution in [0.25, 0.3) is 22.0 Å². The van der Waals surface area contributed by atoms with Crippen LogP contribution >= 0.6 is 0 Å². The van der Waals surface area contributed by atoms with Crippen LogP contribution in [-0.4, -0.2) is 0 Å². The van der Waals surface area contributed by atoms with Crippen molar-refractivity contribution in [1.82, 2.24) is 0 Å². The molecule has 5 nitrogen and oxygen atoms in total. The van der Waals surface area contributed by atoms with Gasteiger partial charge in [-0.25, -0.2) is 0 Å². The highest BCUT2D eigenvalue weighted by Gasteiger charge is 2.20. The van der Waals surface area contributed by atoms with Crippen molar-refractivity contribution in [2.24, 2.45) is 25.7 Å². The Hall–Kier alpha value is -3.38. The van der Waals surface area contributed by atoms with Gasteiger partial charge in [0.1, 0.15) is 5.36 Å². The first-order chi connectivity index (χ1) is 13.3. The zero-order chi connectivity index (χ0) is 18.2. The molecule has 0 aromatic heterocycles. The number of benzene rings is 3. The van der Waals surface area contributed by atoms with Gasteiger partial charge in [0.2, 0.25) is 5.82 Å². The number of fused-ring (bicyclic) bond motifs is 1. The zero-order valence-corrected chi connectivity index (χ0v) is 15.3. The molecule has 2 aliphatic heterocycles. The van der Waals surface area contributed by atoms with Gasteiger partial charge in [0, 0.05) is 11.3 Å². The Kier molecular flexibility index (Phi) is 3.76. The molecule has 5 rings (SSSR count). The minimum Gasteiger partial charge on any atom is -0.187 e. The van der Waals surface area contributed by atoms with Crippen molar-refractivity contribution < 1.29 is 0 Å². The van der Waals surface area contributed by atoms with Crippen LogP contribution in [0, 0.1) is 11.4 Å². The van der Waals surface area contributed by atoms with E-state index in [1.54, 1.807) is 11.4 Å². The van der Waals surface area contributed by atoms with E-state index in [4.69, 9.17) is 4.99 Å².